The number of methoxy groups -OCH3 is 1. The van der Waals surface area contributed by atoms with Gasteiger partial charge in [-0.3, -0.25) is 4.90 Å². The number of oxazole rings is 1. The predicted octanol–water partition coefficient (Wildman–Crippen LogP) is 2.21. The fourth-order valence-electron chi connectivity index (χ4n) is 3.31. The third-order valence-electron chi connectivity index (χ3n) is 4.58. The highest BCUT2D eigenvalue weighted by Gasteiger charge is 2.35. The first-order valence-corrected chi connectivity index (χ1v) is 8.03. The molecular weight excluding hydrogens is 325 g/mol. The van der Waals surface area contributed by atoms with Gasteiger partial charge in [0.25, 0.3) is 0 Å². The lowest BCUT2D eigenvalue weighted by Gasteiger charge is -2.16. The minimum absolute atomic E-state index is 0.0137. The maximum Gasteiger partial charge on any atom is 0.225 e. The van der Waals surface area contributed by atoms with Crippen molar-refractivity contribution in [2.24, 2.45) is 0 Å². The van der Waals surface area contributed by atoms with Crippen LogP contribution in [0, 0.1) is 5.82 Å². The van der Waals surface area contributed by atoms with Crippen molar-refractivity contribution in [2.75, 3.05) is 20.2 Å². The maximum absolute atomic E-state index is 14.5. The van der Waals surface area contributed by atoms with Crippen LogP contribution in [0.2, 0.25) is 0 Å². The van der Waals surface area contributed by atoms with Crippen LogP contribution in [0.4, 0.5) is 4.39 Å². The smallest absolute Gasteiger partial charge is 0.225 e. The van der Waals surface area contributed by atoms with Crippen LogP contribution in [0.15, 0.2) is 41.3 Å². The van der Waals surface area contributed by atoms with Gasteiger partial charge in [0, 0.05) is 43.8 Å². The summed E-state index contributed by atoms with van der Waals surface area (Å²) in [5.41, 5.74) is 2.13. The van der Waals surface area contributed by atoms with Gasteiger partial charge in [0.15, 0.2) is 0 Å². The number of hydrogen-bond donors (Lipinski definition) is 1. The summed E-state index contributed by atoms with van der Waals surface area (Å²) in [6, 6.07) is 5.06. The van der Waals surface area contributed by atoms with Crippen molar-refractivity contribution in [3.8, 4) is 11.5 Å². The lowest BCUT2D eigenvalue weighted by molar-refractivity contribution is 0.0956. The Bertz CT molecular complexity index is 822. The molecule has 3 aromatic rings. The van der Waals surface area contributed by atoms with Crippen LogP contribution in [0.3, 0.4) is 0 Å². The Hall–Kier alpha value is -2.58. The summed E-state index contributed by atoms with van der Waals surface area (Å²) >= 11 is 0. The number of aromatic nitrogens is 4. The Morgan fingerprint density at radius 3 is 3.00 bits per heavy atom. The molecule has 1 saturated heterocycles. The molecular formula is C17H18FN5O2. The van der Waals surface area contributed by atoms with Crippen LogP contribution in [0.1, 0.15) is 17.2 Å². The highest BCUT2D eigenvalue weighted by Crippen LogP contribution is 2.29. The van der Waals surface area contributed by atoms with Crippen LogP contribution >= 0.6 is 0 Å². The topological polar surface area (TPSA) is 80.1 Å². The molecule has 0 amide bonds. The monoisotopic (exact) mass is 343 g/mol. The Morgan fingerprint density at radius 1 is 1.40 bits per heavy atom. The van der Waals surface area contributed by atoms with Gasteiger partial charge in [-0.15, -0.1) is 0 Å². The zero-order chi connectivity index (χ0) is 17.2. The van der Waals surface area contributed by atoms with Gasteiger partial charge in [0.2, 0.25) is 5.89 Å². The first-order chi connectivity index (χ1) is 12.2. The van der Waals surface area contributed by atoms with Crippen molar-refractivity contribution in [3.63, 3.8) is 0 Å². The number of ether oxygens (including phenoxy) is 1. The normalized spacial score (nSPS) is 21.0. The molecule has 0 saturated carbocycles. The van der Waals surface area contributed by atoms with Crippen molar-refractivity contribution < 1.29 is 13.5 Å². The summed E-state index contributed by atoms with van der Waals surface area (Å²) in [5, 5.41) is 10.7. The van der Waals surface area contributed by atoms with Crippen LogP contribution in [-0.2, 0) is 11.3 Å². The van der Waals surface area contributed by atoms with Crippen molar-refractivity contribution in [3.05, 3.63) is 53.9 Å². The third kappa shape index (κ3) is 3.18. The Balaban J connectivity index is 1.49. The van der Waals surface area contributed by atoms with Gasteiger partial charge in [-0.1, -0.05) is 6.07 Å². The quantitative estimate of drug-likeness (QED) is 0.765. The van der Waals surface area contributed by atoms with E-state index < -0.39 is 0 Å². The number of rotatable bonds is 5. The molecule has 25 heavy (non-hydrogen) atoms. The maximum atomic E-state index is 14.5. The molecule has 3 heterocycles. The number of likely N-dealkylation sites (tertiary alicyclic amines) is 1. The van der Waals surface area contributed by atoms with Crippen LogP contribution in [0.25, 0.3) is 11.5 Å². The Kier molecular flexibility index (Phi) is 4.29. The fourth-order valence-corrected chi connectivity index (χ4v) is 3.31. The van der Waals surface area contributed by atoms with E-state index in [9.17, 15) is 4.39 Å². The number of H-pyrrole nitrogens is 1. The van der Waals surface area contributed by atoms with Crippen molar-refractivity contribution in [1.82, 2.24) is 25.3 Å². The van der Waals surface area contributed by atoms with E-state index in [1.807, 2.05) is 6.07 Å². The predicted molar refractivity (Wildman–Crippen MR) is 87.1 cm³/mol. The van der Waals surface area contributed by atoms with Gasteiger partial charge in [-0.05, 0) is 12.1 Å². The largest absolute Gasteiger partial charge is 0.445 e. The van der Waals surface area contributed by atoms with E-state index >= 15 is 0 Å². The second kappa shape index (κ2) is 6.73. The molecule has 0 aliphatic carbocycles. The van der Waals surface area contributed by atoms with Gasteiger partial charge in [-0.25, -0.2) is 9.37 Å². The van der Waals surface area contributed by atoms with Crippen LogP contribution in [0.5, 0.6) is 0 Å². The van der Waals surface area contributed by atoms with Crippen molar-refractivity contribution in [2.45, 2.75) is 18.6 Å². The number of benzene rings is 1. The average Bonchev–Trinajstić information content (AvgIpc) is 3.37. The average molecular weight is 343 g/mol. The van der Waals surface area contributed by atoms with E-state index in [4.69, 9.17) is 9.15 Å². The number of hydrogen-bond acceptors (Lipinski definition) is 6. The summed E-state index contributed by atoms with van der Waals surface area (Å²) in [6.45, 7) is 1.97. The Morgan fingerprint density at radius 2 is 2.32 bits per heavy atom. The molecule has 1 fully saturated rings. The molecule has 0 bridgehead atoms. The fraction of sp³-hybridized carbons (Fsp3) is 0.353. The van der Waals surface area contributed by atoms with Gasteiger partial charge in [0.1, 0.15) is 12.1 Å². The first-order valence-electron chi connectivity index (χ1n) is 8.03. The van der Waals surface area contributed by atoms with Crippen LogP contribution < -0.4 is 0 Å². The van der Waals surface area contributed by atoms with E-state index in [-0.39, 0.29) is 17.8 Å². The van der Waals surface area contributed by atoms with E-state index in [1.54, 1.807) is 25.6 Å². The molecule has 130 valence electrons. The van der Waals surface area contributed by atoms with Gasteiger partial charge < -0.3 is 9.15 Å². The molecule has 1 N–H and O–H groups in total. The Labute approximate surface area is 143 Å². The molecule has 1 aromatic carbocycles. The lowest BCUT2D eigenvalue weighted by Crippen LogP contribution is -2.23. The zero-order valence-electron chi connectivity index (χ0n) is 13.7. The minimum Gasteiger partial charge on any atom is -0.445 e. The van der Waals surface area contributed by atoms with E-state index in [0.29, 0.717) is 23.6 Å². The van der Waals surface area contributed by atoms with Crippen molar-refractivity contribution in [1.29, 1.82) is 0 Å². The van der Waals surface area contributed by atoms with E-state index in [0.717, 1.165) is 18.8 Å². The molecule has 4 rings (SSSR count). The summed E-state index contributed by atoms with van der Waals surface area (Å²) in [5.74, 6) is 0.269. The SMILES string of the molecule is CO[C@@H]1CN(Cc2ccc(-c3ncco3)cc2F)C[C@H]1c1cn[nH]n1. The van der Waals surface area contributed by atoms with Gasteiger partial charge in [-0.2, -0.15) is 15.4 Å². The van der Waals surface area contributed by atoms with Gasteiger partial charge in [0.05, 0.1) is 24.2 Å². The van der Waals surface area contributed by atoms with Crippen molar-refractivity contribution >= 4 is 0 Å². The van der Waals surface area contributed by atoms with Gasteiger partial charge >= 0.3 is 0 Å². The summed E-state index contributed by atoms with van der Waals surface area (Å²) < 4.78 is 25.3. The van der Waals surface area contributed by atoms with Crippen LogP contribution in [-0.4, -0.2) is 51.6 Å². The molecule has 0 spiro atoms. The first kappa shape index (κ1) is 15.9. The molecule has 1 aliphatic heterocycles. The second-order valence-electron chi connectivity index (χ2n) is 6.11. The number of halogens is 1. The van der Waals surface area contributed by atoms with E-state index in [1.165, 1.54) is 12.3 Å². The standard InChI is InChI=1S/C17H18FN5O2/c1-24-16-10-23(9-13(16)15-7-20-22-21-15)8-12-3-2-11(6-14(12)18)17-19-4-5-25-17/h2-7,13,16H,8-10H2,1H3,(H,20,21,22)/t13-,16+/m0/s1. The molecule has 0 unspecified atom stereocenters. The summed E-state index contributed by atoms with van der Waals surface area (Å²) in [4.78, 5) is 6.21. The second-order valence-corrected chi connectivity index (χ2v) is 6.11. The summed E-state index contributed by atoms with van der Waals surface area (Å²) in [7, 11) is 1.69. The minimum atomic E-state index is -0.269. The number of nitrogens with zero attached hydrogens (tertiary/aromatic N) is 4. The highest BCUT2D eigenvalue weighted by molar-refractivity contribution is 5.53. The number of aromatic amines is 1. The highest BCUT2D eigenvalue weighted by atomic mass is 19.1. The van der Waals surface area contributed by atoms with E-state index in [2.05, 4.69) is 25.3 Å². The summed E-state index contributed by atoms with van der Waals surface area (Å²) in [6.07, 6.45) is 4.74. The molecule has 2 atom stereocenters. The molecule has 8 heteroatoms. The number of nitrogens with one attached hydrogen (secondary N) is 1. The molecule has 7 nitrogen and oxygen atoms in total. The third-order valence-corrected chi connectivity index (χ3v) is 4.58. The zero-order valence-corrected chi connectivity index (χ0v) is 13.7. The molecule has 1 aliphatic rings. The molecule has 0 radical (unpaired) electrons. The molecule has 2 aromatic heterocycles. The lowest BCUT2D eigenvalue weighted by atomic mass is 10.0.